The van der Waals surface area contributed by atoms with Gasteiger partial charge in [-0.3, -0.25) is 4.98 Å². The van der Waals surface area contributed by atoms with Crippen LogP contribution in [0.15, 0.2) is 30.6 Å². The summed E-state index contributed by atoms with van der Waals surface area (Å²) >= 11 is 0. The molecule has 2 aromatic rings. The van der Waals surface area contributed by atoms with Crippen LogP contribution in [0.5, 0.6) is 0 Å². The lowest BCUT2D eigenvalue weighted by molar-refractivity contribution is 0.742. The molecule has 0 fully saturated rings. The summed E-state index contributed by atoms with van der Waals surface area (Å²) in [6.07, 6.45) is 10.7. The first kappa shape index (κ1) is 10.3. The van der Waals surface area contributed by atoms with Crippen molar-refractivity contribution in [2.75, 3.05) is 5.73 Å². The van der Waals surface area contributed by atoms with Gasteiger partial charge in [0.1, 0.15) is 5.82 Å². The Kier molecular flexibility index (Phi) is 2.52. The first-order chi connectivity index (χ1) is 8.34. The normalized spacial score (nSPS) is 15.9. The second-order valence-electron chi connectivity index (χ2n) is 4.46. The van der Waals surface area contributed by atoms with Crippen LogP contribution in [-0.2, 0) is 0 Å². The Labute approximate surface area is 100 Å². The number of aromatic nitrogens is 2. The maximum absolute atomic E-state index is 6.05. The maximum Gasteiger partial charge on any atom is 0.131 e. The van der Waals surface area contributed by atoms with Crippen LogP contribution in [0.3, 0.4) is 0 Å². The highest BCUT2D eigenvalue weighted by atomic mass is 14.8. The third kappa shape index (κ3) is 1.88. The van der Waals surface area contributed by atoms with E-state index in [1.165, 1.54) is 18.4 Å². The van der Waals surface area contributed by atoms with Gasteiger partial charge in [0, 0.05) is 23.3 Å². The van der Waals surface area contributed by atoms with Gasteiger partial charge in [-0.15, -0.1) is 0 Å². The van der Waals surface area contributed by atoms with Gasteiger partial charge in [-0.1, -0.05) is 6.08 Å². The van der Waals surface area contributed by atoms with E-state index >= 15 is 0 Å². The minimum atomic E-state index is 0.636. The molecule has 0 spiro atoms. The van der Waals surface area contributed by atoms with E-state index in [9.17, 15) is 0 Å². The fraction of sp³-hybridized carbons (Fsp3) is 0.286. The fourth-order valence-electron chi connectivity index (χ4n) is 2.37. The van der Waals surface area contributed by atoms with Gasteiger partial charge in [0.05, 0.1) is 5.52 Å². The van der Waals surface area contributed by atoms with Crippen LogP contribution in [0, 0.1) is 0 Å². The summed E-state index contributed by atoms with van der Waals surface area (Å²) in [6, 6.07) is 4.01. The highest BCUT2D eigenvalue weighted by Crippen LogP contribution is 2.31. The number of hydrogen-bond donors (Lipinski definition) is 1. The second kappa shape index (κ2) is 4.17. The molecular formula is C14H15N3. The van der Waals surface area contributed by atoms with Crippen LogP contribution in [-0.4, -0.2) is 9.97 Å². The van der Waals surface area contributed by atoms with Crippen LogP contribution in [0.2, 0.25) is 0 Å². The van der Waals surface area contributed by atoms with Crippen LogP contribution in [0.4, 0.5) is 5.82 Å². The third-order valence-electron chi connectivity index (χ3n) is 3.28. The number of nitrogens with two attached hydrogens (primary N) is 1. The molecule has 3 heteroatoms. The Hall–Kier alpha value is -1.90. The van der Waals surface area contributed by atoms with Gasteiger partial charge in [0.25, 0.3) is 0 Å². The van der Waals surface area contributed by atoms with E-state index in [4.69, 9.17) is 5.73 Å². The standard InChI is InChI=1S/C14H15N3/c15-14-12(10-4-2-1-3-5-10)8-11-9-16-7-6-13(11)17-14/h4,6-9H,1-3,5H2,(H2,15,17). The summed E-state index contributed by atoms with van der Waals surface area (Å²) in [5.41, 5.74) is 9.39. The van der Waals surface area contributed by atoms with Crippen LogP contribution in [0.25, 0.3) is 16.5 Å². The molecule has 1 aliphatic rings. The predicted molar refractivity (Wildman–Crippen MR) is 70.4 cm³/mol. The molecule has 0 atom stereocenters. The molecule has 2 heterocycles. The number of rotatable bonds is 1. The zero-order valence-electron chi connectivity index (χ0n) is 9.69. The number of nitrogen functional groups attached to an aromatic ring is 1. The lowest BCUT2D eigenvalue weighted by atomic mass is 9.93. The van der Waals surface area contributed by atoms with Gasteiger partial charge in [-0.2, -0.15) is 0 Å². The Balaban J connectivity index is 2.15. The fourth-order valence-corrected chi connectivity index (χ4v) is 2.37. The van der Waals surface area contributed by atoms with Crippen LogP contribution < -0.4 is 5.73 Å². The number of hydrogen-bond acceptors (Lipinski definition) is 3. The minimum absolute atomic E-state index is 0.636. The summed E-state index contributed by atoms with van der Waals surface area (Å²) in [4.78, 5) is 8.58. The third-order valence-corrected chi connectivity index (χ3v) is 3.28. The van der Waals surface area contributed by atoms with Crippen molar-refractivity contribution in [1.82, 2.24) is 9.97 Å². The minimum Gasteiger partial charge on any atom is -0.383 e. The van der Waals surface area contributed by atoms with E-state index in [2.05, 4.69) is 22.1 Å². The zero-order chi connectivity index (χ0) is 11.7. The van der Waals surface area contributed by atoms with E-state index in [1.807, 2.05) is 12.3 Å². The average Bonchev–Trinajstić information content (AvgIpc) is 2.39. The predicted octanol–water partition coefficient (Wildman–Crippen LogP) is 3.17. The van der Waals surface area contributed by atoms with Crippen molar-refractivity contribution in [2.24, 2.45) is 0 Å². The monoisotopic (exact) mass is 225 g/mol. The molecule has 0 saturated carbocycles. The van der Waals surface area contributed by atoms with Gasteiger partial charge in [0.15, 0.2) is 0 Å². The molecule has 17 heavy (non-hydrogen) atoms. The van der Waals surface area contributed by atoms with Crippen molar-refractivity contribution in [1.29, 1.82) is 0 Å². The largest absolute Gasteiger partial charge is 0.383 e. The van der Waals surface area contributed by atoms with Crippen molar-refractivity contribution >= 4 is 22.3 Å². The van der Waals surface area contributed by atoms with Crippen molar-refractivity contribution in [3.05, 3.63) is 36.2 Å². The lowest BCUT2D eigenvalue weighted by Gasteiger charge is -2.14. The number of nitrogens with zero attached hydrogens (tertiary/aromatic N) is 2. The van der Waals surface area contributed by atoms with Crippen molar-refractivity contribution in [3.8, 4) is 0 Å². The van der Waals surface area contributed by atoms with Gasteiger partial charge < -0.3 is 5.73 Å². The molecule has 0 radical (unpaired) electrons. The number of pyridine rings is 2. The smallest absolute Gasteiger partial charge is 0.131 e. The molecule has 2 N–H and O–H groups in total. The van der Waals surface area contributed by atoms with Crippen molar-refractivity contribution in [2.45, 2.75) is 25.7 Å². The van der Waals surface area contributed by atoms with Gasteiger partial charge in [-0.25, -0.2) is 4.98 Å². The topological polar surface area (TPSA) is 51.8 Å². The van der Waals surface area contributed by atoms with Crippen LogP contribution in [0.1, 0.15) is 31.2 Å². The van der Waals surface area contributed by atoms with Crippen LogP contribution >= 0.6 is 0 Å². The molecule has 86 valence electrons. The van der Waals surface area contributed by atoms with E-state index in [0.29, 0.717) is 5.82 Å². The van der Waals surface area contributed by atoms with E-state index in [1.54, 1.807) is 6.20 Å². The molecule has 1 aliphatic carbocycles. The maximum atomic E-state index is 6.05. The molecule has 2 aromatic heterocycles. The zero-order valence-corrected chi connectivity index (χ0v) is 9.69. The van der Waals surface area contributed by atoms with Gasteiger partial charge >= 0.3 is 0 Å². The molecule has 0 saturated heterocycles. The van der Waals surface area contributed by atoms with E-state index in [0.717, 1.165) is 29.3 Å². The van der Waals surface area contributed by atoms with Crippen molar-refractivity contribution in [3.63, 3.8) is 0 Å². The molecular weight excluding hydrogens is 210 g/mol. The summed E-state index contributed by atoms with van der Waals surface area (Å²) < 4.78 is 0. The molecule has 0 amide bonds. The number of fused-ring (bicyclic) bond motifs is 1. The first-order valence-electron chi connectivity index (χ1n) is 6.04. The summed E-state index contributed by atoms with van der Waals surface area (Å²) in [5.74, 6) is 0.636. The number of allylic oxidation sites excluding steroid dienone is 2. The molecule has 3 rings (SSSR count). The molecule has 0 aliphatic heterocycles. The summed E-state index contributed by atoms with van der Waals surface area (Å²) in [6.45, 7) is 0. The molecule has 0 bridgehead atoms. The highest BCUT2D eigenvalue weighted by Gasteiger charge is 2.11. The Morgan fingerprint density at radius 3 is 3.00 bits per heavy atom. The van der Waals surface area contributed by atoms with Gasteiger partial charge in [0.2, 0.25) is 0 Å². The Morgan fingerprint density at radius 2 is 2.18 bits per heavy atom. The van der Waals surface area contributed by atoms with Crippen molar-refractivity contribution < 1.29 is 0 Å². The van der Waals surface area contributed by atoms with Gasteiger partial charge in [-0.05, 0) is 43.4 Å². The molecule has 0 unspecified atom stereocenters. The summed E-state index contributed by atoms with van der Waals surface area (Å²) in [5, 5.41) is 1.06. The SMILES string of the molecule is Nc1nc2ccncc2cc1C1=CCCCC1. The second-order valence-corrected chi connectivity index (χ2v) is 4.46. The Morgan fingerprint density at radius 1 is 1.24 bits per heavy atom. The average molecular weight is 225 g/mol. The summed E-state index contributed by atoms with van der Waals surface area (Å²) in [7, 11) is 0. The Bertz CT molecular complexity index is 587. The number of anilines is 1. The molecule has 3 nitrogen and oxygen atoms in total. The first-order valence-corrected chi connectivity index (χ1v) is 6.04. The van der Waals surface area contributed by atoms with E-state index < -0.39 is 0 Å². The molecule has 0 aromatic carbocycles. The quantitative estimate of drug-likeness (QED) is 0.811. The highest BCUT2D eigenvalue weighted by molar-refractivity contribution is 5.86. The lowest BCUT2D eigenvalue weighted by Crippen LogP contribution is -2.00. The van der Waals surface area contributed by atoms with E-state index in [-0.39, 0.29) is 0 Å².